The second kappa shape index (κ2) is 6.89. The van der Waals surface area contributed by atoms with Crippen molar-refractivity contribution in [2.24, 2.45) is 0 Å². The molecule has 3 aromatic heterocycles. The van der Waals surface area contributed by atoms with Crippen molar-refractivity contribution >= 4 is 44.2 Å². The third kappa shape index (κ3) is 3.05. The summed E-state index contributed by atoms with van der Waals surface area (Å²) in [5.41, 5.74) is 0.385. The molecule has 0 unspecified atom stereocenters. The van der Waals surface area contributed by atoms with Gasteiger partial charge in [0.2, 0.25) is 5.13 Å². The van der Waals surface area contributed by atoms with Gasteiger partial charge >= 0.3 is 5.63 Å². The third-order valence-electron chi connectivity index (χ3n) is 4.50. The number of benzene rings is 2. The highest BCUT2D eigenvalue weighted by Gasteiger charge is 2.19. The zero-order valence-corrected chi connectivity index (χ0v) is 16.4. The van der Waals surface area contributed by atoms with Gasteiger partial charge in [-0.3, -0.25) is 4.79 Å². The summed E-state index contributed by atoms with van der Waals surface area (Å²) >= 11 is 1.24. The zero-order chi connectivity index (χ0) is 20.8. The molecule has 0 fully saturated rings. The largest absolute Gasteiger partial charge is 0.422 e. The molecule has 148 valence electrons. The summed E-state index contributed by atoms with van der Waals surface area (Å²) in [6.07, 6.45) is 0. The van der Waals surface area contributed by atoms with Gasteiger partial charge in [-0.15, -0.1) is 0 Å². The van der Waals surface area contributed by atoms with E-state index < -0.39 is 17.3 Å². The Labute approximate surface area is 172 Å². The molecule has 2 aromatic carbocycles. The van der Waals surface area contributed by atoms with Crippen molar-refractivity contribution < 1.29 is 13.6 Å². The lowest BCUT2D eigenvalue weighted by Crippen LogP contribution is -2.22. The minimum absolute atomic E-state index is 0.130. The average molecular weight is 420 g/mol. The number of carbonyl (C=O) groups is 1. The molecule has 9 heteroatoms. The van der Waals surface area contributed by atoms with Crippen LogP contribution < -0.4 is 10.9 Å². The molecule has 0 aliphatic carbocycles. The number of hydrogen-bond acceptors (Lipinski definition) is 6. The second-order valence-electron chi connectivity index (χ2n) is 6.61. The van der Waals surface area contributed by atoms with Gasteiger partial charge in [-0.25, -0.2) is 14.2 Å². The quantitative estimate of drug-likeness (QED) is 0.440. The van der Waals surface area contributed by atoms with Gasteiger partial charge in [0.25, 0.3) is 5.91 Å². The van der Waals surface area contributed by atoms with Crippen LogP contribution in [-0.4, -0.2) is 20.7 Å². The van der Waals surface area contributed by atoms with Crippen molar-refractivity contribution in [3.8, 4) is 5.13 Å². The van der Waals surface area contributed by atoms with Gasteiger partial charge in [-0.2, -0.15) is 9.78 Å². The normalized spacial score (nSPS) is 11.3. The number of rotatable bonds is 3. The van der Waals surface area contributed by atoms with Crippen LogP contribution >= 0.6 is 11.3 Å². The Morgan fingerprint density at radius 1 is 1.17 bits per heavy atom. The first kappa shape index (κ1) is 18.2. The maximum absolute atomic E-state index is 14.0. The number of aromatic nitrogens is 3. The van der Waals surface area contributed by atoms with E-state index >= 15 is 0 Å². The number of nitrogens with zero attached hydrogens (tertiary/aromatic N) is 3. The molecule has 1 N–H and O–H groups in total. The van der Waals surface area contributed by atoms with Crippen molar-refractivity contribution in [3.63, 3.8) is 0 Å². The lowest BCUT2D eigenvalue weighted by atomic mass is 10.2. The molecule has 0 atom stereocenters. The first-order valence-electron chi connectivity index (χ1n) is 8.96. The number of fused-ring (bicyclic) bond motifs is 2. The Kier molecular flexibility index (Phi) is 4.18. The predicted molar refractivity (Wildman–Crippen MR) is 112 cm³/mol. The highest BCUT2D eigenvalue weighted by molar-refractivity contribution is 7.20. The van der Waals surface area contributed by atoms with Crippen molar-refractivity contribution in [2.45, 2.75) is 6.92 Å². The first-order valence-corrected chi connectivity index (χ1v) is 9.77. The Bertz CT molecular complexity index is 1500. The number of carbonyl (C=O) groups excluding carboxylic acids is 1. The van der Waals surface area contributed by atoms with E-state index in [1.165, 1.54) is 28.2 Å². The molecular weight excluding hydrogens is 407 g/mol. The van der Waals surface area contributed by atoms with E-state index in [-0.39, 0.29) is 11.1 Å². The van der Waals surface area contributed by atoms with Gasteiger partial charge < -0.3 is 9.73 Å². The number of hydrogen-bond donors (Lipinski definition) is 1. The number of thiazole rings is 1. The van der Waals surface area contributed by atoms with Crippen LogP contribution in [0.1, 0.15) is 16.1 Å². The number of halogens is 1. The van der Waals surface area contributed by atoms with E-state index in [9.17, 15) is 14.0 Å². The van der Waals surface area contributed by atoms with Crippen LogP contribution in [0, 0.1) is 12.7 Å². The molecule has 0 aliphatic rings. The summed E-state index contributed by atoms with van der Waals surface area (Å²) in [6.45, 7) is 1.75. The summed E-state index contributed by atoms with van der Waals surface area (Å²) in [5, 5.41) is 8.06. The lowest BCUT2D eigenvalue weighted by molar-refractivity contribution is 0.102. The lowest BCUT2D eigenvalue weighted by Gasteiger charge is -2.06. The van der Waals surface area contributed by atoms with E-state index in [1.807, 2.05) is 0 Å². The number of aryl methyl sites for hydroxylation is 1. The van der Waals surface area contributed by atoms with Crippen LogP contribution in [0.4, 0.5) is 10.2 Å². The smallest absolute Gasteiger partial charge is 0.349 e. The molecule has 0 saturated heterocycles. The van der Waals surface area contributed by atoms with E-state index in [0.717, 1.165) is 0 Å². The fourth-order valence-electron chi connectivity index (χ4n) is 3.13. The molecule has 0 saturated carbocycles. The van der Waals surface area contributed by atoms with E-state index in [2.05, 4.69) is 15.4 Å². The van der Waals surface area contributed by atoms with Crippen LogP contribution in [0.25, 0.3) is 26.3 Å². The summed E-state index contributed by atoms with van der Waals surface area (Å²) in [7, 11) is 0. The molecule has 0 radical (unpaired) electrons. The molecule has 5 aromatic rings. The molecule has 0 spiro atoms. The summed E-state index contributed by atoms with van der Waals surface area (Å²) in [6, 6.07) is 14.8. The fraction of sp³-hybridized carbons (Fsp3) is 0.0476. The average Bonchev–Trinajstić information content (AvgIpc) is 3.31. The first-order chi connectivity index (χ1) is 14.5. The monoisotopic (exact) mass is 420 g/mol. The zero-order valence-electron chi connectivity index (χ0n) is 15.5. The summed E-state index contributed by atoms with van der Waals surface area (Å²) < 4.78 is 21.3. The number of para-hydroxylation sites is 2. The number of nitrogens with one attached hydrogen (secondary N) is 1. The minimum Gasteiger partial charge on any atom is -0.422 e. The Hall–Kier alpha value is -3.85. The number of anilines is 1. The van der Waals surface area contributed by atoms with Gasteiger partial charge in [0.05, 0.1) is 10.4 Å². The minimum atomic E-state index is -0.740. The molecule has 3 heterocycles. The van der Waals surface area contributed by atoms with Crippen LogP contribution in [0.15, 0.2) is 63.8 Å². The molecule has 0 bridgehead atoms. The topological polar surface area (TPSA) is 90.0 Å². The van der Waals surface area contributed by atoms with Crippen LogP contribution in [0.3, 0.4) is 0 Å². The maximum Gasteiger partial charge on any atom is 0.349 e. The molecule has 0 aliphatic heterocycles. The molecule has 5 rings (SSSR count). The Morgan fingerprint density at radius 3 is 2.83 bits per heavy atom. The van der Waals surface area contributed by atoms with Crippen molar-refractivity contribution in [1.82, 2.24) is 14.8 Å². The molecule has 7 nitrogen and oxygen atoms in total. The van der Waals surface area contributed by atoms with Crippen LogP contribution in [-0.2, 0) is 0 Å². The van der Waals surface area contributed by atoms with Crippen LogP contribution in [0.5, 0.6) is 0 Å². The third-order valence-corrected chi connectivity index (χ3v) is 5.49. The summed E-state index contributed by atoms with van der Waals surface area (Å²) in [5.74, 6) is -0.759. The maximum atomic E-state index is 14.0. The molecule has 30 heavy (non-hydrogen) atoms. The SMILES string of the molecule is Cc1cc(NC(=O)c2cc3ccccc3oc2=O)n(-c2nc3c(F)cccc3s2)n1. The second-order valence-corrected chi connectivity index (χ2v) is 7.61. The van der Waals surface area contributed by atoms with Gasteiger partial charge in [-0.1, -0.05) is 35.6 Å². The van der Waals surface area contributed by atoms with Gasteiger partial charge in [0.1, 0.15) is 28.3 Å². The molecular formula is C21H13FN4O3S. The highest BCUT2D eigenvalue weighted by atomic mass is 32.1. The standard InChI is InChI=1S/C21H13FN4O3S/c1-11-9-17(26(25-11)21-24-18-14(22)6-4-8-16(18)30-21)23-19(27)13-10-12-5-2-3-7-15(12)29-20(13)28/h2-10H,1H3,(H,23,27). The molecule has 1 amide bonds. The van der Waals surface area contributed by atoms with E-state index in [0.29, 0.717) is 32.3 Å². The highest BCUT2D eigenvalue weighted by Crippen LogP contribution is 2.28. The fourth-order valence-corrected chi connectivity index (χ4v) is 4.08. The van der Waals surface area contributed by atoms with Crippen molar-refractivity contribution in [3.05, 3.63) is 82.1 Å². The summed E-state index contributed by atoms with van der Waals surface area (Å²) in [4.78, 5) is 29.4. The van der Waals surface area contributed by atoms with E-state index in [4.69, 9.17) is 4.42 Å². The van der Waals surface area contributed by atoms with Gasteiger partial charge in [0, 0.05) is 11.5 Å². The Balaban J connectivity index is 1.54. The van der Waals surface area contributed by atoms with Gasteiger partial charge in [0.15, 0.2) is 0 Å². The van der Waals surface area contributed by atoms with Crippen molar-refractivity contribution in [2.75, 3.05) is 5.32 Å². The van der Waals surface area contributed by atoms with Crippen molar-refractivity contribution in [1.29, 1.82) is 0 Å². The number of amides is 1. The predicted octanol–water partition coefficient (Wildman–Crippen LogP) is 4.29. The van der Waals surface area contributed by atoms with Crippen LogP contribution in [0.2, 0.25) is 0 Å². The Morgan fingerprint density at radius 2 is 2.00 bits per heavy atom. The van der Waals surface area contributed by atoms with E-state index in [1.54, 1.807) is 49.4 Å². The van der Waals surface area contributed by atoms with Gasteiger partial charge in [-0.05, 0) is 31.2 Å².